The number of hydrogen-bond acceptors (Lipinski definition) is 3. The van der Waals surface area contributed by atoms with Gasteiger partial charge in [0.1, 0.15) is 5.58 Å². The van der Waals surface area contributed by atoms with Crippen molar-refractivity contribution in [3.8, 4) is 0 Å². The smallest absolute Gasteiger partial charge is 0.179 e. The molecule has 3 heteroatoms. The normalized spacial score (nSPS) is 12.9. The number of likely N-dealkylation sites (N-methyl/N-ethyl adjacent to an activating group) is 1. The first kappa shape index (κ1) is 9.93. The molecular weight excluding hydrogens is 190 g/mol. The molecule has 2 aromatic rings. The summed E-state index contributed by atoms with van der Waals surface area (Å²) in [6.07, 6.45) is 1.63. The van der Waals surface area contributed by atoms with Crippen molar-refractivity contribution in [2.45, 2.75) is 13.0 Å². The highest BCUT2D eigenvalue weighted by molar-refractivity contribution is 6.02. The molecule has 78 valence electrons. The van der Waals surface area contributed by atoms with Crippen molar-refractivity contribution in [2.24, 2.45) is 0 Å². The lowest BCUT2D eigenvalue weighted by atomic mass is 10.0. The zero-order chi connectivity index (χ0) is 10.8. The number of carbonyl (C=O) groups is 1. The minimum atomic E-state index is -0.169. The summed E-state index contributed by atoms with van der Waals surface area (Å²) in [6, 6.07) is 7.22. The molecule has 0 unspecified atom stereocenters. The monoisotopic (exact) mass is 203 g/mol. The molecule has 0 bridgehead atoms. The van der Waals surface area contributed by atoms with Crippen molar-refractivity contribution in [1.82, 2.24) is 5.32 Å². The van der Waals surface area contributed by atoms with E-state index in [9.17, 15) is 4.79 Å². The van der Waals surface area contributed by atoms with Crippen LogP contribution in [-0.2, 0) is 0 Å². The minimum Gasteiger partial charge on any atom is -0.464 e. The molecule has 0 aliphatic carbocycles. The number of furan rings is 1. The van der Waals surface area contributed by atoms with Crippen LogP contribution in [0.5, 0.6) is 0 Å². The third kappa shape index (κ3) is 1.78. The standard InChI is InChI=1S/C12H13NO2/c1-8(13-2)12(14)10-4-3-9-5-6-15-11(9)7-10/h3-8,13H,1-2H3/t8-/m0/s1. The van der Waals surface area contributed by atoms with Gasteiger partial charge in [-0.2, -0.15) is 0 Å². The van der Waals surface area contributed by atoms with Gasteiger partial charge in [-0.3, -0.25) is 4.79 Å². The number of carbonyl (C=O) groups excluding carboxylic acids is 1. The van der Waals surface area contributed by atoms with Gasteiger partial charge in [-0.1, -0.05) is 12.1 Å². The average molecular weight is 203 g/mol. The summed E-state index contributed by atoms with van der Waals surface area (Å²) in [5, 5.41) is 3.94. The van der Waals surface area contributed by atoms with Gasteiger partial charge in [-0.15, -0.1) is 0 Å². The third-order valence-corrected chi connectivity index (χ3v) is 2.57. The second kappa shape index (κ2) is 3.87. The van der Waals surface area contributed by atoms with Crippen LogP contribution in [0.15, 0.2) is 34.9 Å². The van der Waals surface area contributed by atoms with Crippen LogP contribution >= 0.6 is 0 Å². The quantitative estimate of drug-likeness (QED) is 0.778. The Morgan fingerprint density at radius 1 is 1.40 bits per heavy atom. The largest absolute Gasteiger partial charge is 0.464 e. The summed E-state index contributed by atoms with van der Waals surface area (Å²) in [5.74, 6) is 0.0794. The lowest BCUT2D eigenvalue weighted by Crippen LogP contribution is -2.30. The van der Waals surface area contributed by atoms with E-state index in [4.69, 9.17) is 4.42 Å². The zero-order valence-corrected chi connectivity index (χ0v) is 8.78. The number of ketones is 1. The van der Waals surface area contributed by atoms with Crippen molar-refractivity contribution >= 4 is 16.8 Å². The zero-order valence-electron chi connectivity index (χ0n) is 8.78. The molecule has 1 N–H and O–H groups in total. The number of fused-ring (bicyclic) bond motifs is 1. The molecule has 0 radical (unpaired) electrons. The Bertz CT molecular complexity index is 487. The molecule has 15 heavy (non-hydrogen) atoms. The van der Waals surface area contributed by atoms with Gasteiger partial charge in [-0.25, -0.2) is 0 Å². The Morgan fingerprint density at radius 3 is 2.93 bits per heavy atom. The van der Waals surface area contributed by atoms with Crippen LogP contribution in [0.1, 0.15) is 17.3 Å². The van der Waals surface area contributed by atoms with E-state index >= 15 is 0 Å². The Labute approximate surface area is 88.1 Å². The fraction of sp³-hybridized carbons (Fsp3) is 0.250. The average Bonchev–Trinajstić information content (AvgIpc) is 2.73. The molecule has 1 aromatic carbocycles. The van der Waals surface area contributed by atoms with Crippen LogP contribution in [0.3, 0.4) is 0 Å². The number of Topliss-reactive ketones (excluding diaryl/α,β-unsaturated/α-hetero) is 1. The highest BCUT2D eigenvalue weighted by atomic mass is 16.3. The van der Waals surface area contributed by atoms with Crippen LogP contribution in [0.2, 0.25) is 0 Å². The number of benzene rings is 1. The van der Waals surface area contributed by atoms with E-state index in [1.165, 1.54) is 0 Å². The second-order valence-corrected chi connectivity index (χ2v) is 3.55. The molecule has 0 amide bonds. The van der Waals surface area contributed by atoms with E-state index in [0.29, 0.717) is 5.56 Å². The molecule has 0 aliphatic heterocycles. The molecule has 0 fully saturated rings. The van der Waals surface area contributed by atoms with Crippen LogP contribution in [0, 0.1) is 0 Å². The van der Waals surface area contributed by atoms with E-state index in [-0.39, 0.29) is 11.8 Å². The van der Waals surface area contributed by atoms with Crippen molar-refractivity contribution < 1.29 is 9.21 Å². The molecule has 0 spiro atoms. The molecule has 1 heterocycles. The molecule has 1 atom stereocenters. The van der Waals surface area contributed by atoms with E-state index in [1.807, 2.05) is 25.1 Å². The van der Waals surface area contributed by atoms with E-state index in [0.717, 1.165) is 11.0 Å². The molecular formula is C12H13NO2. The lowest BCUT2D eigenvalue weighted by molar-refractivity contribution is 0.0955. The maximum atomic E-state index is 11.8. The summed E-state index contributed by atoms with van der Waals surface area (Å²) in [5.41, 5.74) is 1.43. The summed E-state index contributed by atoms with van der Waals surface area (Å²) >= 11 is 0. The van der Waals surface area contributed by atoms with Crippen molar-refractivity contribution in [3.05, 3.63) is 36.1 Å². The molecule has 0 aliphatic rings. The second-order valence-electron chi connectivity index (χ2n) is 3.55. The fourth-order valence-electron chi connectivity index (χ4n) is 1.49. The lowest BCUT2D eigenvalue weighted by Gasteiger charge is -2.08. The van der Waals surface area contributed by atoms with Crippen LogP contribution in [0.4, 0.5) is 0 Å². The van der Waals surface area contributed by atoms with Gasteiger partial charge in [-0.05, 0) is 26.1 Å². The van der Waals surface area contributed by atoms with Gasteiger partial charge in [0.25, 0.3) is 0 Å². The topological polar surface area (TPSA) is 42.2 Å². The van der Waals surface area contributed by atoms with Gasteiger partial charge in [0.2, 0.25) is 0 Å². The van der Waals surface area contributed by atoms with Crippen LogP contribution in [-0.4, -0.2) is 18.9 Å². The predicted molar refractivity (Wildman–Crippen MR) is 59.1 cm³/mol. The first-order valence-electron chi connectivity index (χ1n) is 4.91. The summed E-state index contributed by atoms with van der Waals surface area (Å²) in [7, 11) is 1.77. The van der Waals surface area contributed by atoms with E-state index < -0.39 is 0 Å². The third-order valence-electron chi connectivity index (χ3n) is 2.57. The van der Waals surface area contributed by atoms with Crippen molar-refractivity contribution in [2.75, 3.05) is 7.05 Å². The fourth-order valence-corrected chi connectivity index (χ4v) is 1.49. The number of nitrogens with one attached hydrogen (secondary N) is 1. The summed E-state index contributed by atoms with van der Waals surface area (Å²) in [4.78, 5) is 11.8. The Hall–Kier alpha value is -1.61. The Balaban J connectivity index is 2.39. The molecule has 3 nitrogen and oxygen atoms in total. The first-order valence-corrected chi connectivity index (χ1v) is 4.91. The highest BCUT2D eigenvalue weighted by Crippen LogP contribution is 2.17. The Kier molecular flexibility index (Phi) is 2.56. The summed E-state index contributed by atoms with van der Waals surface area (Å²) in [6.45, 7) is 1.84. The maximum absolute atomic E-state index is 11.8. The van der Waals surface area contributed by atoms with Gasteiger partial charge >= 0.3 is 0 Å². The molecule has 0 saturated carbocycles. The van der Waals surface area contributed by atoms with Crippen LogP contribution in [0.25, 0.3) is 11.0 Å². The first-order chi connectivity index (χ1) is 7.22. The predicted octanol–water partition coefficient (Wildman–Crippen LogP) is 2.22. The van der Waals surface area contributed by atoms with Crippen molar-refractivity contribution in [3.63, 3.8) is 0 Å². The highest BCUT2D eigenvalue weighted by Gasteiger charge is 2.13. The number of rotatable bonds is 3. The summed E-state index contributed by atoms with van der Waals surface area (Å²) < 4.78 is 5.25. The van der Waals surface area contributed by atoms with E-state index in [1.54, 1.807) is 19.4 Å². The van der Waals surface area contributed by atoms with Gasteiger partial charge in [0, 0.05) is 10.9 Å². The van der Waals surface area contributed by atoms with Crippen LogP contribution < -0.4 is 5.32 Å². The maximum Gasteiger partial charge on any atom is 0.179 e. The number of hydrogen-bond donors (Lipinski definition) is 1. The Morgan fingerprint density at radius 2 is 2.20 bits per heavy atom. The van der Waals surface area contributed by atoms with Gasteiger partial charge in [0.05, 0.1) is 12.3 Å². The minimum absolute atomic E-state index is 0.0794. The van der Waals surface area contributed by atoms with Crippen molar-refractivity contribution in [1.29, 1.82) is 0 Å². The molecule has 0 saturated heterocycles. The molecule has 2 rings (SSSR count). The SMILES string of the molecule is CN[C@@H](C)C(=O)c1ccc2ccoc2c1. The van der Waals surface area contributed by atoms with E-state index in [2.05, 4.69) is 5.32 Å². The van der Waals surface area contributed by atoms with Gasteiger partial charge in [0.15, 0.2) is 5.78 Å². The molecule has 1 aromatic heterocycles. The van der Waals surface area contributed by atoms with Gasteiger partial charge < -0.3 is 9.73 Å².